The molecule has 2 fully saturated rings. The van der Waals surface area contributed by atoms with Crippen LogP contribution in [0, 0.1) is 28.6 Å². The number of carbonyl (C=O) groups excluding carboxylic acids is 1. The van der Waals surface area contributed by atoms with Gasteiger partial charge in [-0.2, -0.15) is 0 Å². The van der Waals surface area contributed by atoms with Gasteiger partial charge in [0, 0.05) is 37.2 Å². The van der Waals surface area contributed by atoms with Crippen LogP contribution in [0.5, 0.6) is 0 Å². The molecule has 0 amide bonds. The van der Waals surface area contributed by atoms with E-state index in [1.807, 2.05) is 12.3 Å². The molecule has 0 spiro atoms. The fourth-order valence-corrected chi connectivity index (χ4v) is 6.87. The van der Waals surface area contributed by atoms with Crippen LogP contribution in [-0.2, 0) is 4.79 Å². The third kappa shape index (κ3) is 2.02. The second-order valence-corrected chi connectivity index (χ2v) is 9.35. The van der Waals surface area contributed by atoms with Gasteiger partial charge in [-0.15, -0.1) is 0 Å². The van der Waals surface area contributed by atoms with Crippen molar-refractivity contribution in [1.82, 2.24) is 9.88 Å². The zero-order valence-corrected chi connectivity index (χ0v) is 16.0. The lowest BCUT2D eigenvalue weighted by Crippen LogP contribution is -2.56. The van der Waals surface area contributed by atoms with Crippen LogP contribution in [0.3, 0.4) is 0 Å². The number of allylic oxidation sites excluding steroid dienone is 4. The van der Waals surface area contributed by atoms with Crippen molar-refractivity contribution in [3.63, 3.8) is 0 Å². The van der Waals surface area contributed by atoms with Crippen molar-refractivity contribution in [3.05, 3.63) is 36.2 Å². The second-order valence-electron chi connectivity index (χ2n) is 9.35. The van der Waals surface area contributed by atoms with E-state index in [2.05, 4.69) is 36.9 Å². The average Bonchev–Trinajstić information content (AvgIpc) is 3.23. The van der Waals surface area contributed by atoms with Crippen molar-refractivity contribution < 1.29 is 9.21 Å². The Hall–Kier alpha value is -1.84. The minimum atomic E-state index is 0.155. The maximum Gasteiger partial charge on any atom is 0.181 e. The molecule has 0 unspecified atom stereocenters. The van der Waals surface area contributed by atoms with Crippen molar-refractivity contribution >= 4 is 11.4 Å². The molecule has 4 aliphatic rings. The first kappa shape index (κ1) is 16.3. The molecule has 1 saturated carbocycles. The van der Waals surface area contributed by atoms with E-state index in [0.29, 0.717) is 30.0 Å². The molecule has 1 aromatic rings. The normalized spacial score (nSPS) is 41.9. The highest BCUT2D eigenvalue weighted by molar-refractivity contribution is 5.91. The lowest BCUT2D eigenvalue weighted by atomic mass is 9.49. The van der Waals surface area contributed by atoms with Gasteiger partial charge in [-0.1, -0.05) is 19.9 Å². The number of hydrogen-bond donors (Lipinski definition) is 0. The fourth-order valence-electron chi connectivity index (χ4n) is 6.87. The lowest BCUT2D eigenvalue weighted by Gasteiger charge is -2.60. The van der Waals surface area contributed by atoms with Gasteiger partial charge in [0.2, 0.25) is 0 Å². The monoisotopic (exact) mass is 352 g/mol. The van der Waals surface area contributed by atoms with Crippen molar-refractivity contribution in [1.29, 1.82) is 0 Å². The predicted molar refractivity (Wildman–Crippen MR) is 100.0 cm³/mol. The Bertz CT molecular complexity index is 808. The molecule has 138 valence electrons. The van der Waals surface area contributed by atoms with Crippen LogP contribution >= 0.6 is 0 Å². The van der Waals surface area contributed by atoms with Gasteiger partial charge >= 0.3 is 0 Å². The maximum atomic E-state index is 12.0. The van der Waals surface area contributed by atoms with Crippen LogP contribution in [-0.4, -0.2) is 29.3 Å². The number of oxazole rings is 1. The molecule has 1 aromatic heterocycles. The molecule has 26 heavy (non-hydrogen) atoms. The number of nitrogens with zero attached hydrogens (tertiary/aromatic N) is 2. The minimum absolute atomic E-state index is 0.155. The van der Waals surface area contributed by atoms with E-state index in [-0.39, 0.29) is 10.8 Å². The first-order valence-corrected chi connectivity index (χ1v) is 9.99. The number of likely N-dealkylation sites (tertiary alicyclic amines) is 1. The van der Waals surface area contributed by atoms with Gasteiger partial charge < -0.3 is 9.32 Å². The molecule has 0 radical (unpaired) electrons. The van der Waals surface area contributed by atoms with Crippen LogP contribution in [0.15, 0.2) is 34.9 Å². The highest BCUT2D eigenvalue weighted by Crippen LogP contribution is 2.65. The molecule has 0 aromatic carbocycles. The summed E-state index contributed by atoms with van der Waals surface area (Å²) < 4.78 is 5.67. The summed E-state index contributed by atoms with van der Waals surface area (Å²) in [4.78, 5) is 18.6. The molecule has 1 saturated heterocycles. The van der Waals surface area contributed by atoms with Gasteiger partial charge in [-0.05, 0) is 54.4 Å². The van der Waals surface area contributed by atoms with E-state index >= 15 is 0 Å². The average molecular weight is 352 g/mol. The first-order valence-electron chi connectivity index (χ1n) is 9.99. The van der Waals surface area contributed by atoms with Gasteiger partial charge in [0.15, 0.2) is 17.9 Å². The standard InChI is InChI=1S/C22H28N2O2/c1-21-9-7-17-15(16(21)4-5-18(21)19-11-23-13-26-19)12-24(3)20-10-14(25)6-8-22(17,20)2/h5,10-11,13,15-17H,4,6-9,12H2,1-3H3/t15-,16-,17-,21-,22+/m0/s1. The Kier molecular flexibility index (Phi) is 3.35. The maximum absolute atomic E-state index is 12.0. The van der Waals surface area contributed by atoms with Gasteiger partial charge in [-0.3, -0.25) is 4.79 Å². The smallest absolute Gasteiger partial charge is 0.181 e. The summed E-state index contributed by atoms with van der Waals surface area (Å²) >= 11 is 0. The van der Waals surface area contributed by atoms with Gasteiger partial charge in [-0.25, -0.2) is 4.98 Å². The number of aromatic nitrogens is 1. The molecule has 5 rings (SSSR count). The fraction of sp³-hybridized carbons (Fsp3) is 0.636. The van der Waals surface area contributed by atoms with Gasteiger partial charge in [0.1, 0.15) is 0 Å². The Labute approximate surface area is 155 Å². The molecular formula is C22H28N2O2. The van der Waals surface area contributed by atoms with Crippen LogP contribution < -0.4 is 0 Å². The van der Waals surface area contributed by atoms with Crippen LogP contribution in [0.2, 0.25) is 0 Å². The SMILES string of the molecule is CN1C[C@@H]2[C@H](CC[C@]3(C)C(c4cnco4)=CC[C@@H]23)[C@@]2(C)CCC(=O)C=C12. The number of carbonyl (C=O) groups is 1. The third-order valence-electron chi connectivity index (χ3n) is 8.20. The van der Waals surface area contributed by atoms with E-state index in [9.17, 15) is 4.79 Å². The third-order valence-corrected chi connectivity index (χ3v) is 8.20. The number of rotatable bonds is 1. The Morgan fingerprint density at radius 2 is 2.08 bits per heavy atom. The summed E-state index contributed by atoms with van der Waals surface area (Å²) in [6, 6.07) is 0. The van der Waals surface area contributed by atoms with E-state index in [4.69, 9.17) is 4.42 Å². The molecular weight excluding hydrogens is 324 g/mol. The molecule has 1 aliphatic heterocycles. The quantitative estimate of drug-likeness (QED) is 0.756. The highest BCUT2D eigenvalue weighted by Gasteiger charge is 2.58. The van der Waals surface area contributed by atoms with Crippen molar-refractivity contribution in [2.75, 3.05) is 13.6 Å². The topological polar surface area (TPSA) is 46.3 Å². The summed E-state index contributed by atoms with van der Waals surface area (Å²) in [5.74, 6) is 3.26. The largest absolute Gasteiger partial charge is 0.444 e. The van der Waals surface area contributed by atoms with Crippen LogP contribution in [0.25, 0.3) is 5.57 Å². The van der Waals surface area contributed by atoms with Gasteiger partial charge in [0.05, 0.1) is 6.20 Å². The molecule has 0 N–H and O–H groups in total. The Morgan fingerprint density at radius 1 is 1.23 bits per heavy atom. The molecule has 4 nitrogen and oxygen atoms in total. The van der Waals surface area contributed by atoms with Crippen LogP contribution in [0.4, 0.5) is 0 Å². The van der Waals surface area contributed by atoms with Crippen LogP contribution in [0.1, 0.15) is 51.7 Å². The molecule has 3 aliphatic carbocycles. The Morgan fingerprint density at radius 3 is 2.85 bits per heavy atom. The predicted octanol–water partition coefficient (Wildman–Crippen LogP) is 4.31. The number of hydrogen-bond acceptors (Lipinski definition) is 4. The first-order chi connectivity index (χ1) is 12.4. The summed E-state index contributed by atoms with van der Waals surface area (Å²) in [5, 5.41) is 0. The number of ketones is 1. The number of piperidine rings is 1. The van der Waals surface area contributed by atoms with Crippen molar-refractivity contribution in [2.24, 2.45) is 28.6 Å². The number of fused-ring (bicyclic) bond motifs is 5. The lowest BCUT2D eigenvalue weighted by molar-refractivity contribution is -0.118. The minimum Gasteiger partial charge on any atom is -0.444 e. The van der Waals surface area contributed by atoms with Crippen molar-refractivity contribution in [2.45, 2.75) is 46.0 Å². The summed E-state index contributed by atoms with van der Waals surface area (Å²) in [6.07, 6.45) is 13.1. The van der Waals surface area contributed by atoms with E-state index in [0.717, 1.165) is 25.1 Å². The molecule has 4 heteroatoms. The van der Waals surface area contributed by atoms with Crippen molar-refractivity contribution in [3.8, 4) is 0 Å². The van der Waals surface area contributed by atoms with E-state index in [1.54, 1.807) is 6.39 Å². The summed E-state index contributed by atoms with van der Waals surface area (Å²) in [7, 11) is 2.19. The van der Waals surface area contributed by atoms with E-state index in [1.165, 1.54) is 24.1 Å². The zero-order chi connectivity index (χ0) is 18.1. The highest BCUT2D eigenvalue weighted by atomic mass is 16.3. The molecule has 5 atom stereocenters. The summed E-state index contributed by atoms with van der Waals surface area (Å²) in [6.45, 7) is 5.92. The zero-order valence-electron chi connectivity index (χ0n) is 16.0. The van der Waals surface area contributed by atoms with Gasteiger partial charge in [0.25, 0.3) is 0 Å². The Balaban J connectivity index is 1.51. The molecule has 0 bridgehead atoms. The summed E-state index contributed by atoms with van der Waals surface area (Å²) in [5.41, 5.74) is 3.00. The second kappa shape index (κ2) is 5.34. The molecule has 2 heterocycles. The van der Waals surface area contributed by atoms with E-state index < -0.39 is 0 Å².